The van der Waals surface area contributed by atoms with Gasteiger partial charge in [0, 0.05) is 6.08 Å². The van der Waals surface area contributed by atoms with Gasteiger partial charge in [-0.25, -0.2) is 0 Å². The number of carbonyl (C=O) groups is 2. The molecule has 2 N–H and O–H groups in total. The number of carbonyl (C=O) groups excluding carboxylic acids is 2. The van der Waals surface area contributed by atoms with Gasteiger partial charge < -0.3 is 9.47 Å². The molecule has 2 amide bonds. The molecule has 3 rings (SSSR count). The molecule has 2 aromatic carbocycles. The number of amides is 2. The number of nitrogens with one attached hydrogen (secondary N) is 2. The highest BCUT2D eigenvalue weighted by atomic mass is 35.5. The number of ether oxygens (including phenoxy) is 2. The lowest BCUT2D eigenvalue weighted by Gasteiger charge is -2.06. The highest BCUT2D eigenvalue weighted by Crippen LogP contribution is 2.32. The molecule has 0 spiro atoms. The van der Waals surface area contributed by atoms with Crippen molar-refractivity contribution in [3.05, 3.63) is 64.7 Å². The summed E-state index contributed by atoms with van der Waals surface area (Å²) in [4.78, 5) is 23.7. The third-order valence-electron chi connectivity index (χ3n) is 3.24. The number of benzene rings is 2. The Kier molecular flexibility index (Phi) is 4.67. The van der Waals surface area contributed by atoms with E-state index in [0.717, 1.165) is 5.56 Å². The van der Waals surface area contributed by atoms with E-state index < -0.39 is 11.8 Å². The SMILES string of the molecule is O=C(/C=C/c1ccc2c(c1)OCO2)NNC(=O)c1ccccc1Cl. The third kappa shape index (κ3) is 3.67. The van der Waals surface area contributed by atoms with Crippen molar-refractivity contribution in [2.75, 3.05) is 6.79 Å². The van der Waals surface area contributed by atoms with E-state index in [1.165, 1.54) is 6.08 Å². The number of halogens is 1. The van der Waals surface area contributed by atoms with Crippen LogP contribution in [0.1, 0.15) is 15.9 Å². The number of rotatable bonds is 3. The highest BCUT2D eigenvalue weighted by Gasteiger charge is 2.12. The maximum absolute atomic E-state index is 11.9. The summed E-state index contributed by atoms with van der Waals surface area (Å²) in [6.07, 6.45) is 2.89. The molecule has 0 bridgehead atoms. The largest absolute Gasteiger partial charge is 0.454 e. The number of hydrogen-bond acceptors (Lipinski definition) is 4. The molecule has 0 saturated carbocycles. The van der Waals surface area contributed by atoms with Crippen molar-refractivity contribution in [3.63, 3.8) is 0 Å². The van der Waals surface area contributed by atoms with Gasteiger partial charge in [0.2, 0.25) is 6.79 Å². The molecule has 122 valence electrons. The highest BCUT2D eigenvalue weighted by molar-refractivity contribution is 6.33. The molecule has 24 heavy (non-hydrogen) atoms. The molecule has 0 unspecified atom stereocenters. The number of hydrazine groups is 1. The smallest absolute Gasteiger partial charge is 0.271 e. The molecule has 1 aliphatic heterocycles. The van der Waals surface area contributed by atoms with Crippen LogP contribution in [0, 0.1) is 0 Å². The fourth-order valence-corrected chi connectivity index (χ4v) is 2.28. The molecule has 2 aromatic rings. The quantitative estimate of drug-likeness (QED) is 0.662. The van der Waals surface area contributed by atoms with Crippen molar-refractivity contribution >= 4 is 29.5 Å². The summed E-state index contributed by atoms with van der Waals surface area (Å²) < 4.78 is 10.5. The van der Waals surface area contributed by atoms with Crippen LogP contribution < -0.4 is 20.3 Å². The second-order valence-electron chi connectivity index (χ2n) is 4.87. The van der Waals surface area contributed by atoms with Crippen LogP contribution in [0.2, 0.25) is 5.02 Å². The van der Waals surface area contributed by atoms with Crippen LogP contribution in [0.25, 0.3) is 6.08 Å². The summed E-state index contributed by atoms with van der Waals surface area (Å²) in [5.74, 6) is 0.326. The zero-order chi connectivity index (χ0) is 16.9. The predicted molar refractivity (Wildman–Crippen MR) is 88.7 cm³/mol. The van der Waals surface area contributed by atoms with Crippen molar-refractivity contribution in [3.8, 4) is 11.5 Å². The Labute approximate surface area is 143 Å². The van der Waals surface area contributed by atoms with Gasteiger partial charge >= 0.3 is 0 Å². The van der Waals surface area contributed by atoms with Gasteiger partial charge in [-0.05, 0) is 35.9 Å². The van der Waals surface area contributed by atoms with Gasteiger partial charge in [-0.15, -0.1) is 0 Å². The fourth-order valence-electron chi connectivity index (χ4n) is 2.06. The topological polar surface area (TPSA) is 76.7 Å². The van der Waals surface area contributed by atoms with Crippen molar-refractivity contribution in [1.82, 2.24) is 10.9 Å². The van der Waals surface area contributed by atoms with Crippen LogP contribution in [0.5, 0.6) is 11.5 Å². The maximum atomic E-state index is 11.9. The van der Waals surface area contributed by atoms with Crippen molar-refractivity contribution in [2.45, 2.75) is 0 Å². The van der Waals surface area contributed by atoms with Crippen molar-refractivity contribution < 1.29 is 19.1 Å². The van der Waals surface area contributed by atoms with E-state index in [9.17, 15) is 9.59 Å². The van der Waals surface area contributed by atoms with Gasteiger partial charge in [0.15, 0.2) is 11.5 Å². The Morgan fingerprint density at radius 2 is 1.83 bits per heavy atom. The van der Waals surface area contributed by atoms with Crippen LogP contribution in [0.15, 0.2) is 48.5 Å². The molecule has 7 heteroatoms. The Morgan fingerprint density at radius 1 is 1.04 bits per heavy atom. The van der Waals surface area contributed by atoms with Crippen LogP contribution >= 0.6 is 11.6 Å². The van der Waals surface area contributed by atoms with Gasteiger partial charge in [0.05, 0.1) is 10.6 Å². The first-order valence-electron chi connectivity index (χ1n) is 7.06. The first kappa shape index (κ1) is 15.9. The molecule has 0 saturated heterocycles. The molecule has 0 aliphatic carbocycles. The monoisotopic (exact) mass is 344 g/mol. The number of hydrogen-bond donors (Lipinski definition) is 2. The Hall–Kier alpha value is -2.99. The van der Waals surface area contributed by atoms with Gasteiger partial charge in [-0.2, -0.15) is 0 Å². The summed E-state index contributed by atoms with van der Waals surface area (Å²) in [5, 5.41) is 0.306. The molecule has 0 radical (unpaired) electrons. The van der Waals surface area contributed by atoms with E-state index in [2.05, 4.69) is 10.9 Å². The predicted octanol–water partition coefficient (Wildman–Crippen LogP) is 2.54. The van der Waals surface area contributed by atoms with E-state index in [-0.39, 0.29) is 12.4 Å². The molecule has 0 aromatic heterocycles. The van der Waals surface area contributed by atoms with Gasteiger partial charge in [0.1, 0.15) is 0 Å². The molecule has 1 heterocycles. The normalized spacial score (nSPS) is 12.2. The lowest BCUT2D eigenvalue weighted by molar-refractivity contribution is -0.117. The average Bonchev–Trinajstić information content (AvgIpc) is 3.06. The van der Waals surface area contributed by atoms with Gasteiger partial charge in [0.25, 0.3) is 11.8 Å². The van der Waals surface area contributed by atoms with Crippen molar-refractivity contribution in [1.29, 1.82) is 0 Å². The average molecular weight is 345 g/mol. The number of fused-ring (bicyclic) bond motifs is 1. The van der Waals surface area contributed by atoms with Gasteiger partial charge in [-0.3, -0.25) is 20.4 Å². The van der Waals surface area contributed by atoms with E-state index in [1.807, 2.05) is 0 Å². The van der Waals surface area contributed by atoms with Crippen LogP contribution in [-0.2, 0) is 4.79 Å². The van der Waals surface area contributed by atoms with Crippen molar-refractivity contribution in [2.24, 2.45) is 0 Å². The van der Waals surface area contributed by atoms with Crippen LogP contribution in [0.4, 0.5) is 0 Å². The standard InChI is InChI=1S/C17H13ClN2O4/c18-13-4-2-1-3-12(13)17(22)20-19-16(21)8-6-11-5-7-14-15(9-11)24-10-23-14/h1-9H,10H2,(H,19,21)(H,20,22)/b8-6+. The molecule has 1 aliphatic rings. The summed E-state index contributed by atoms with van der Waals surface area (Å²) in [6, 6.07) is 11.9. The summed E-state index contributed by atoms with van der Waals surface area (Å²) in [5.41, 5.74) is 5.64. The lowest BCUT2D eigenvalue weighted by atomic mass is 10.2. The minimum absolute atomic E-state index is 0.192. The van der Waals surface area contributed by atoms with E-state index in [4.69, 9.17) is 21.1 Å². The summed E-state index contributed by atoms with van der Waals surface area (Å²) in [6.45, 7) is 0.192. The van der Waals surface area contributed by atoms with Crippen LogP contribution in [0.3, 0.4) is 0 Å². The van der Waals surface area contributed by atoms with Crippen LogP contribution in [-0.4, -0.2) is 18.6 Å². The third-order valence-corrected chi connectivity index (χ3v) is 3.57. The Morgan fingerprint density at radius 3 is 2.67 bits per heavy atom. The van der Waals surface area contributed by atoms with E-state index >= 15 is 0 Å². The fraction of sp³-hybridized carbons (Fsp3) is 0.0588. The Bertz CT molecular complexity index is 820. The van der Waals surface area contributed by atoms with E-state index in [0.29, 0.717) is 16.5 Å². The molecular weight excluding hydrogens is 332 g/mol. The second-order valence-corrected chi connectivity index (χ2v) is 5.28. The maximum Gasteiger partial charge on any atom is 0.271 e. The first-order valence-corrected chi connectivity index (χ1v) is 7.44. The molecule has 0 fully saturated rings. The Balaban J connectivity index is 1.56. The lowest BCUT2D eigenvalue weighted by Crippen LogP contribution is -2.40. The minimum atomic E-state index is -0.495. The molecule has 6 nitrogen and oxygen atoms in total. The summed E-state index contributed by atoms with van der Waals surface area (Å²) >= 11 is 5.91. The minimum Gasteiger partial charge on any atom is -0.454 e. The second kappa shape index (κ2) is 7.06. The van der Waals surface area contributed by atoms with Gasteiger partial charge in [-0.1, -0.05) is 29.8 Å². The molecular formula is C17H13ClN2O4. The molecule has 0 atom stereocenters. The zero-order valence-electron chi connectivity index (χ0n) is 12.4. The first-order chi connectivity index (χ1) is 11.6. The summed E-state index contributed by atoms with van der Waals surface area (Å²) in [7, 11) is 0. The van der Waals surface area contributed by atoms with E-state index in [1.54, 1.807) is 48.5 Å². The zero-order valence-corrected chi connectivity index (χ0v) is 13.2.